The van der Waals surface area contributed by atoms with Crippen LogP contribution >= 0.6 is 11.6 Å². The predicted molar refractivity (Wildman–Crippen MR) is 103 cm³/mol. The molecular formula is C20H24ClN3O. The molecule has 0 amide bonds. The van der Waals surface area contributed by atoms with Crippen molar-refractivity contribution in [1.29, 1.82) is 0 Å². The van der Waals surface area contributed by atoms with E-state index in [1.165, 1.54) is 5.56 Å². The Bertz CT molecular complexity index is 882. The van der Waals surface area contributed by atoms with Gasteiger partial charge in [0.15, 0.2) is 0 Å². The van der Waals surface area contributed by atoms with Crippen LogP contribution in [-0.2, 0) is 6.42 Å². The molecular weight excluding hydrogens is 334 g/mol. The van der Waals surface area contributed by atoms with Crippen LogP contribution in [0.1, 0.15) is 44.7 Å². The van der Waals surface area contributed by atoms with Gasteiger partial charge in [-0.15, -0.1) is 0 Å². The summed E-state index contributed by atoms with van der Waals surface area (Å²) in [7, 11) is 1.69. The lowest BCUT2D eigenvalue weighted by Gasteiger charge is -2.12. The molecule has 0 aliphatic heterocycles. The molecule has 0 saturated carbocycles. The summed E-state index contributed by atoms with van der Waals surface area (Å²) in [4.78, 5) is 9.08. The topological polar surface area (TPSA) is 39.9 Å². The first kappa shape index (κ1) is 17.7. The fraction of sp³-hybridized carbons (Fsp3) is 0.400. The highest BCUT2D eigenvalue weighted by atomic mass is 35.5. The number of hydrogen-bond acceptors (Lipinski definition) is 3. The molecule has 5 heteroatoms. The summed E-state index contributed by atoms with van der Waals surface area (Å²) in [6.07, 6.45) is 2.84. The van der Waals surface area contributed by atoms with Crippen LogP contribution < -0.4 is 4.74 Å². The fourth-order valence-electron chi connectivity index (χ4n) is 3.00. The average Bonchev–Trinajstić information content (AvgIpc) is 2.88. The van der Waals surface area contributed by atoms with E-state index >= 15 is 0 Å². The smallest absolute Gasteiger partial charge is 0.209 e. The van der Waals surface area contributed by atoms with Crippen molar-refractivity contribution in [3.8, 4) is 11.6 Å². The molecule has 0 N–H and O–H groups in total. The predicted octanol–water partition coefficient (Wildman–Crippen LogP) is 5.40. The van der Waals surface area contributed by atoms with Gasteiger partial charge in [-0.05, 0) is 53.1 Å². The van der Waals surface area contributed by atoms with Gasteiger partial charge >= 0.3 is 0 Å². The Hall–Kier alpha value is -2.07. The van der Waals surface area contributed by atoms with Crippen LogP contribution in [0.25, 0.3) is 16.9 Å². The van der Waals surface area contributed by atoms with Crippen molar-refractivity contribution in [2.45, 2.75) is 40.0 Å². The lowest BCUT2D eigenvalue weighted by atomic mass is 10.0. The number of pyridine rings is 1. The number of fused-ring (bicyclic) bond motifs is 1. The zero-order valence-electron chi connectivity index (χ0n) is 15.4. The molecule has 0 aliphatic carbocycles. The van der Waals surface area contributed by atoms with Crippen LogP contribution in [-0.4, -0.2) is 21.6 Å². The van der Waals surface area contributed by atoms with Crippen molar-refractivity contribution >= 4 is 22.6 Å². The van der Waals surface area contributed by atoms with Crippen LogP contribution in [0, 0.1) is 5.92 Å². The van der Waals surface area contributed by atoms with Gasteiger partial charge in [0, 0.05) is 12.3 Å². The summed E-state index contributed by atoms with van der Waals surface area (Å²) >= 11 is 6.43. The monoisotopic (exact) mass is 357 g/mol. The van der Waals surface area contributed by atoms with E-state index in [2.05, 4.69) is 49.8 Å². The maximum Gasteiger partial charge on any atom is 0.209 e. The Morgan fingerprint density at radius 1 is 1.16 bits per heavy atom. The molecule has 3 rings (SSSR count). The summed E-state index contributed by atoms with van der Waals surface area (Å²) in [5, 5.41) is 0.406. The average molecular weight is 358 g/mol. The minimum absolute atomic E-state index is 0.406. The SMILES string of the molecule is COc1cc2nc(Cl)n(-c3ccc(C(C)C)cn3)c2cc1CC(C)C. The molecule has 0 atom stereocenters. The van der Waals surface area contributed by atoms with Gasteiger partial charge in [0.25, 0.3) is 0 Å². The number of rotatable bonds is 5. The normalized spacial score (nSPS) is 11.7. The third-order valence-electron chi connectivity index (χ3n) is 4.31. The Morgan fingerprint density at radius 3 is 2.48 bits per heavy atom. The van der Waals surface area contributed by atoms with E-state index in [0.29, 0.717) is 17.1 Å². The van der Waals surface area contributed by atoms with Gasteiger partial charge in [-0.3, -0.25) is 4.57 Å². The molecule has 4 nitrogen and oxygen atoms in total. The molecule has 0 bridgehead atoms. The van der Waals surface area contributed by atoms with Gasteiger partial charge in [0.1, 0.15) is 11.6 Å². The third-order valence-corrected chi connectivity index (χ3v) is 4.56. The second-order valence-electron chi connectivity index (χ2n) is 7.07. The lowest BCUT2D eigenvalue weighted by molar-refractivity contribution is 0.407. The molecule has 132 valence electrons. The quantitative estimate of drug-likeness (QED) is 0.613. The van der Waals surface area contributed by atoms with Gasteiger partial charge in [-0.1, -0.05) is 33.8 Å². The van der Waals surface area contributed by atoms with E-state index in [1.807, 2.05) is 22.9 Å². The minimum Gasteiger partial charge on any atom is -0.496 e. The summed E-state index contributed by atoms with van der Waals surface area (Å²) in [5.41, 5.74) is 4.11. The van der Waals surface area contributed by atoms with Crippen molar-refractivity contribution in [1.82, 2.24) is 14.5 Å². The minimum atomic E-state index is 0.406. The van der Waals surface area contributed by atoms with Gasteiger partial charge in [-0.2, -0.15) is 0 Å². The molecule has 2 aromatic heterocycles. The molecule has 0 fully saturated rings. The molecule has 0 aliphatic rings. The number of aromatic nitrogens is 3. The Morgan fingerprint density at radius 2 is 1.92 bits per heavy atom. The number of ether oxygens (including phenoxy) is 1. The van der Waals surface area contributed by atoms with E-state index in [0.717, 1.165) is 34.6 Å². The number of imidazole rings is 1. The molecule has 3 aromatic rings. The second-order valence-corrected chi connectivity index (χ2v) is 7.41. The first-order valence-corrected chi connectivity index (χ1v) is 8.99. The Balaban J connectivity index is 2.15. The number of hydrogen-bond donors (Lipinski definition) is 0. The summed E-state index contributed by atoms with van der Waals surface area (Å²) in [6, 6.07) is 8.16. The number of benzene rings is 1. The first-order valence-electron chi connectivity index (χ1n) is 8.62. The molecule has 0 unspecified atom stereocenters. The number of methoxy groups -OCH3 is 1. The van der Waals surface area contributed by atoms with Crippen LogP contribution in [0.4, 0.5) is 0 Å². The van der Waals surface area contributed by atoms with Gasteiger partial charge in [-0.25, -0.2) is 9.97 Å². The fourth-order valence-corrected chi connectivity index (χ4v) is 3.27. The van der Waals surface area contributed by atoms with Gasteiger partial charge in [0.05, 0.1) is 18.1 Å². The third kappa shape index (κ3) is 3.49. The molecule has 1 aromatic carbocycles. The summed E-state index contributed by atoms with van der Waals surface area (Å²) in [6.45, 7) is 8.70. The largest absolute Gasteiger partial charge is 0.496 e. The van der Waals surface area contributed by atoms with E-state index in [1.54, 1.807) is 7.11 Å². The maximum atomic E-state index is 6.43. The van der Waals surface area contributed by atoms with E-state index in [-0.39, 0.29) is 0 Å². The summed E-state index contributed by atoms with van der Waals surface area (Å²) < 4.78 is 7.44. The van der Waals surface area contributed by atoms with Crippen LogP contribution in [0.15, 0.2) is 30.5 Å². The van der Waals surface area contributed by atoms with E-state index in [4.69, 9.17) is 16.3 Å². The molecule has 25 heavy (non-hydrogen) atoms. The summed E-state index contributed by atoms with van der Waals surface area (Å²) in [5.74, 6) is 2.60. The Kier molecular flexibility index (Phi) is 5.00. The van der Waals surface area contributed by atoms with Crippen molar-refractivity contribution in [3.63, 3.8) is 0 Å². The maximum absolute atomic E-state index is 6.43. The van der Waals surface area contributed by atoms with Crippen molar-refractivity contribution < 1.29 is 4.74 Å². The highest BCUT2D eigenvalue weighted by Gasteiger charge is 2.16. The van der Waals surface area contributed by atoms with Gasteiger partial charge in [0.2, 0.25) is 5.28 Å². The molecule has 0 radical (unpaired) electrons. The van der Waals surface area contributed by atoms with Crippen LogP contribution in [0.5, 0.6) is 5.75 Å². The van der Waals surface area contributed by atoms with Crippen molar-refractivity contribution in [2.75, 3.05) is 7.11 Å². The van der Waals surface area contributed by atoms with Crippen molar-refractivity contribution in [3.05, 3.63) is 46.9 Å². The zero-order chi connectivity index (χ0) is 18.1. The second kappa shape index (κ2) is 7.04. The highest BCUT2D eigenvalue weighted by molar-refractivity contribution is 6.29. The highest BCUT2D eigenvalue weighted by Crippen LogP contribution is 2.31. The molecule has 0 spiro atoms. The zero-order valence-corrected chi connectivity index (χ0v) is 16.1. The number of halogens is 1. The van der Waals surface area contributed by atoms with E-state index < -0.39 is 0 Å². The lowest BCUT2D eigenvalue weighted by Crippen LogP contribution is -2.01. The van der Waals surface area contributed by atoms with Crippen LogP contribution in [0.3, 0.4) is 0 Å². The van der Waals surface area contributed by atoms with E-state index in [9.17, 15) is 0 Å². The molecule has 2 heterocycles. The standard InChI is InChI=1S/C20H24ClN3O/c1-12(2)8-15-9-17-16(10-18(15)25-5)23-20(21)24(17)19-7-6-14(11-22-19)13(3)4/h6-7,9-13H,8H2,1-5H3. The first-order chi connectivity index (χ1) is 11.9. The van der Waals surface area contributed by atoms with Crippen molar-refractivity contribution in [2.24, 2.45) is 5.92 Å². The van der Waals surface area contributed by atoms with Gasteiger partial charge < -0.3 is 4.74 Å². The Labute approximate surface area is 153 Å². The molecule has 0 saturated heterocycles. The number of nitrogens with zero attached hydrogens (tertiary/aromatic N) is 3. The van der Waals surface area contributed by atoms with Crippen LogP contribution in [0.2, 0.25) is 5.28 Å².